The first-order valence-electron chi connectivity index (χ1n) is 6.01. The normalized spacial score (nSPS) is 28.4. The van der Waals surface area contributed by atoms with E-state index in [9.17, 15) is 4.79 Å². The van der Waals surface area contributed by atoms with Gasteiger partial charge >= 0.3 is 0 Å². The molecule has 0 aromatic heterocycles. The SMILES string of the molecule is Cl.NC(=O)C1CCN(C2CCCNC2)CC1. The Morgan fingerprint density at radius 2 is 1.94 bits per heavy atom. The van der Waals surface area contributed by atoms with E-state index < -0.39 is 0 Å². The third-order valence-corrected chi connectivity index (χ3v) is 3.72. The van der Waals surface area contributed by atoms with Crippen LogP contribution in [-0.2, 0) is 4.79 Å². The number of likely N-dealkylation sites (tertiary alicyclic amines) is 1. The van der Waals surface area contributed by atoms with E-state index in [4.69, 9.17) is 5.73 Å². The van der Waals surface area contributed by atoms with Gasteiger partial charge in [-0.2, -0.15) is 0 Å². The number of primary amides is 1. The van der Waals surface area contributed by atoms with E-state index in [-0.39, 0.29) is 24.2 Å². The van der Waals surface area contributed by atoms with Crippen LogP contribution in [0.3, 0.4) is 0 Å². The molecule has 0 aromatic carbocycles. The Bertz CT molecular complexity index is 223. The van der Waals surface area contributed by atoms with Crippen molar-refractivity contribution in [3.05, 3.63) is 0 Å². The van der Waals surface area contributed by atoms with Gasteiger partial charge in [-0.25, -0.2) is 0 Å². The average molecular weight is 248 g/mol. The minimum Gasteiger partial charge on any atom is -0.369 e. The fraction of sp³-hybridized carbons (Fsp3) is 0.909. The van der Waals surface area contributed by atoms with Crippen molar-refractivity contribution in [2.45, 2.75) is 31.7 Å². The second kappa shape index (κ2) is 6.42. The summed E-state index contributed by atoms with van der Waals surface area (Å²) in [7, 11) is 0. The molecule has 94 valence electrons. The maximum absolute atomic E-state index is 11.0. The van der Waals surface area contributed by atoms with Gasteiger partial charge in [-0.15, -0.1) is 12.4 Å². The Balaban J connectivity index is 0.00000128. The van der Waals surface area contributed by atoms with Crippen LogP contribution in [-0.4, -0.2) is 43.0 Å². The van der Waals surface area contributed by atoms with Gasteiger partial charge in [0.15, 0.2) is 0 Å². The molecule has 1 unspecified atom stereocenters. The first-order valence-corrected chi connectivity index (χ1v) is 6.01. The zero-order chi connectivity index (χ0) is 10.7. The second-order valence-electron chi connectivity index (χ2n) is 4.71. The third kappa shape index (κ3) is 3.34. The number of nitrogens with zero attached hydrogens (tertiary/aromatic N) is 1. The molecule has 16 heavy (non-hydrogen) atoms. The molecular weight excluding hydrogens is 226 g/mol. The zero-order valence-electron chi connectivity index (χ0n) is 9.65. The summed E-state index contributed by atoms with van der Waals surface area (Å²) in [5.74, 6) is 0.00854. The highest BCUT2D eigenvalue weighted by molar-refractivity contribution is 5.85. The highest BCUT2D eigenvalue weighted by atomic mass is 35.5. The molecule has 2 saturated heterocycles. The van der Waals surface area contributed by atoms with Crippen molar-refractivity contribution in [1.29, 1.82) is 0 Å². The van der Waals surface area contributed by atoms with Gasteiger partial charge in [-0.1, -0.05) is 0 Å². The summed E-state index contributed by atoms with van der Waals surface area (Å²) in [4.78, 5) is 13.5. The molecule has 1 atom stereocenters. The molecular formula is C11H22ClN3O. The summed E-state index contributed by atoms with van der Waals surface area (Å²) in [6.07, 6.45) is 4.48. The van der Waals surface area contributed by atoms with Crippen LogP contribution in [0.1, 0.15) is 25.7 Å². The smallest absolute Gasteiger partial charge is 0.220 e. The Hall–Kier alpha value is -0.320. The summed E-state index contributed by atoms with van der Waals surface area (Å²) in [6.45, 7) is 4.36. The Morgan fingerprint density at radius 1 is 1.25 bits per heavy atom. The lowest BCUT2D eigenvalue weighted by Gasteiger charge is -2.38. The summed E-state index contributed by atoms with van der Waals surface area (Å²) in [6, 6.07) is 0.688. The Morgan fingerprint density at radius 3 is 2.44 bits per heavy atom. The standard InChI is InChI=1S/C11H21N3O.ClH/c12-11(15)9-3-6-14(7-4-9)10-2-1-5-13-8-10;/h9-10,13H,1-8H2,(H2,12,15);1H. The minimum atomic E-state index is -0.114. The summed E-state index contributed by atoms with van der Waals surface area (Å²) in [5, 5.41) is 3.43. The van der Waals surface area contributed by atoms with Crippen LogP contribution < -0.4 is 11.1 Å². The highest BCUT2D eigenvalue weighted by Gasteiger charge is 2.27. The summed E-state index contributed by atoms with van der Waals surface area (Å²) in [5.41, 5.74) is 5.32. The molecule has 0 aliphatic carbocycles. The van der Waals surface area contributed by atoms with E-state index in [0.29, 0.717) is 6.04 Å². The van der Waals surface area contributed by atoms with E-state index in [2.05, 4.69) is 10.2 Å². The lowest BCUT2D eigenvalue weighted by Crippen LogP contribution is -2.50. The van der Waals surface area contributed by atoms with Crippen molar-refractivity contribution >= 4 is 18.3 Å². The number of amides is 1. The van der Waals surface area contributed by atoms with Gasteiger partial charge in [0.25, 0.3) is 0 Å². The molecule has 2 aliphatic heterocycles. The van der Waals surface area contributed by atoms with E-state index in [1.807, 2.05) is 0 Å². The van der Waals surface area contributed by atoms with Gasteiger partial charge < -0.3 is 11.1 Å². The topological polar surface area (TPSA) is 58.4 Å². The molecule has 0 aromatic rings. The van der Waals surface area contributed by atoms with Crippen LogP contribution in [0.5, 0.6) is 0 Å². The molecule has 5 heteroatoms. The van der Waals surface area contributed by atoms with Gasteiger partial charge in [0.2, 0.25) is 5.91 Å². The first-order chi connectivity index (χ1) is 7.27. The van der Waals surface area contributed by atoms with Crippen molar-refractivity contribution in [1.82, 2.24) is 10.2 Å². The molecule has 4 nitrogen and oxygen atoms in total. The van der Waals surface area contributed by atoms with Gasteiger partial charge in [0, 0.05) is 18.5 Å². The van der Waals surface area contributed by atoms with E-state index in [1.54, 1.807) is 0 Å². The molecule has 2 fully saturated rings. The molecule has 2 aliphatic rings. The molecule has 0 radical (unpaired) electrons. The number of hydrogen-bond acceptors (Lipinski definition) is 3. The summed E-state index contributed by atoms with van der Waals surface area (Å²) < 4.78 is 0. The van der Waals surface area contributed by atoms with Crippen LogP contribution in [0, 0.1) is 5.92 Å². The van der Waals surface area contributed by atoms with Gasteiger partial charge in [0.1, 0.15) is 0 Å². The van der Waals surface area contributed by atoms with Crippen molar-refractivity contribution in [3.63, 3.8) is 0 Å². The van der Waals surface area contributed by atoms with E-state index in [1.165, 1.54) is 12.8 Å². The fourth-order valence-electron chi connectivity index (χ4n) is 2.69. The maximum atomic E-state index is 11.0. The van der Waals surface area contributed by atoms with Crippen molar-refractivity contribution in [2.75, 3.05) is 26.2 Å². The zero-order valence-corrected chi connectivity index (χ0v) is 10.5. The van der Waals surface area contributed by atoms with E-state index in [0.717, 1.165) is 39.0 Å². The molecule has 2 heterocycles. The molecule has 0 bridgehead atoms. The highest BCUT2D eigenvalue weighted by Crippen LogP contribution is 2.21. The molecule has 0 spiro atoms. The quantitative estimate of drug-likeness (QED) is 0.741. The average Bonchev–Trinajstić information content (AvgIpc) is 2.30. The van der Waals surface area contributed by atoms with Gasteiger partial charge in [-0.3, -0.25) is 9.69 Å². The van der Waals surface area contributed by atoms with Gasteiger partial charge in [0.05, 0.1) is 0 Å². The van der Waals surface area contributed by atoms with Crippen LogP contribution >= 0.6 is 12.4 Å². The lowest BCUT2D eigenvalue weighted by atomic mass is 9.94. The van der Waals surface area contributed by atoms with Crippen LogP contribution in [0.25, 0.3) is 0 Å². The molecule has 2 rings (SSSR count). The predicted molar refractivity (Wildman–Crippen MR) is 66.6 cm³/mol. The van der Waals surface area contributed by atoms with Crippen molar-refractivity contribution in [3.8, 4) is 0 Å². The van der Waals surface area contributed by atoms with E-state index >= 15 is 0 Å². The Labute approximate surface area is 103 Å². The molecule has 3 N–H and O–H groups in total. The number of carbonyl (C=O) groups is 1. The van der Waals surface area contributed by atoms with Gasteiger partial charge in [-0.05, 0) is 45.3 Å². The number of hydrogen-bond donors (Lipinski definition) is 2. The van der Waals surface area contributed by atoms with Crippen LogP contribution in [0.4, 0.5) is 0 Å². The predicted octanol–water partition coefficient (Wildman–Crippen LogP) is 0.357. The lowest BCUT2D eigenvalue weighted by molar-refractivity contribution is -0.123. The van der Waals surface area contributed by atoms with Crippen molar-refractivity contribution < 1.29 is 4.79 Å². The number of piperidine rings is 2. The van der Waals surface area contributed by atoms with Crippen LogP contribution in [0.2, 0.25) is 0 Å². The number of nitrogens with two attached hydrogens (primary N) is 1. The molecule has 1 amide bonds. The number of rotatable bonds is 2. The fourth-order valence-corrected chi connectivity index (χ4v) is 2.69. The molecule has 0 saturated carbocycles. The van der Waals surface area contributed by atoms with Crippen LogP contribution in [0.15, 0.2) is 0 Å². The Kier molecular flexibility index (Phi) is 5.52. The maximum Gasteiger partial charge on any atom is 0.220 e. The minimum absolute atomic E-state index is 0. The largest absolute Gasteiger partial charge is 0.369 e. The second-order valence-corrected chi connectivity index (χ2v) is 4.71. The monoisotopic (exact) mass is 247 g/mol. The van der Waals surface area contributed by atoms with Crippen molar-refractivity contribution in [2.24, 2.45) is 11.7 Å². The first kappa shape index (κ1) is 13.7. The number of halogens is 1. The number of nitrogens with one attached hydrogen (secondary N) is 1. The number of carbonyl (C=O) groups excluding carboxylic acids is 1. The third-order valence-electron chi connectivity index (χ3n) is 3.72. The summed E-state index contributed by atoms with van der Waals surface area (Å²) >= 11 is 0.